The second-order valence-electron chi connectivity index (χ2n) is 3.32. The molecule has 7 heteroatoms. The second kappa shape index (κ2) is 7.39. The monoisotopic (exact) mass is 322 g/mol. The third kappa shape index (κ3) is 4.82. The fourth-order valence-electron chi connectivity index (χ4n) is 1.23. The number of aromatic nitrogens is 1. The lowest BCUT2D eigenvalue weighted by molar-refractivity contribution is -0.659. The molecule has 0 fully saturated rings. The molecule has 0 amide bonds. The lowest BCUT2D eigenvalue weighted by Crippen LogP contribution is -3.00. The van der Waals surface area contributed by atoms with Gasteiger partial charge in [-0.2, -0.15) is 0 Å². The molecule has 0 saturated carbocycles. The van der Waals surface area contributed by atoms with Crippen LogP contribution in [0.1, 0.15) is 19.0 Å². The van der Waals surface area contributed by atoms with E-state index in [-0.39, 0.29) is 35.6 Å². The topological polar surface area (TPSA) is 73.3 Å². The van der Waals surface area contributed by atoms with E-state index < -0.39 is 5.97 Å². The van der Waals surface area contributed by atoms with E-state index in [1.165, 1.54) is 11.3 Å². The largest absolute Gasteiger partial charge is 1.00 e. The van der Waals surface area contributed by atoms with Gasteiger partial charge in [0.1, 0.15) is 12.1 Å². The molecule has 1 aromatic rings. The molecule has 0 atom stereocenters. The summed E-state index contributed by atoms with van der Waals surface area (Å²) in [6.07, 6.45) is 0.0343. The van der Waals surface area contributed by atoms with Crippen LogP contribution in [0.2, 0.25) is 0 Å². The van der Waals surface area contributed by atoms with Crippen LogP contribution in [-0.2, 0) is 27.8 Å². The zero-order chi connectivity index (χ0) is 12.1. The van der Waals surface area contributed by atoms with E-state index in [1.807, 2.05) is 5.38 Å². The summed E-state index contributed by atoms with van der Waals surface area (Å²) in [6.45, 7) is 2.01. The molecule has 0 aromatic carbocycles. The predicted octanol–water partition coefficient (Wildman–Crippen LogP) is -2.78. The number of carbonyl (C=O) groups excluding carboxylic acids is 2. The summed E-state index contributed by atoms with van der Waals surface area (Å²) in [5, 5.41) is 2.46. The van der Waals surface area contributed by atoms with Crippen LogP contribution in [-0.4, -0.2) is 18.4 Å². The Morgan fingerprint density at radius 2 is 2.18 bits per heavy atom. The van der Waals surface area contributed by atoms with Gasteiger partial charge in [-0.15, -0.1) is 0 Å². The van der Waals surface area contributed by atoms with E-state index in [0.29, 0.717) is 11.7 Å². The van der Waals surface area contributed by atoms with Crippen molar-refractivity contribution in [2.75, 3.05) is 12.3 Å². The maximum atomic E-state index is 11.5. The summed E-state index contributed by atoms with van der Waals surface area (Å²) >= 11 is 1.37. The Labute approximate surface area is 114 Å². The number of nitrogen functional groups attached to an aromatic ring is 1. The van der Waals surface area contributed by atoms with E-state index >= 15 is 0 Å². The maximum Gasteiger partial charge on any atom is 0.331 e. The van der Waals surface area contributed by atoms with Gasteiger partial charge in [-0.25, -0.2) is 4.57 Å². The molecule has 0 aliphatic rings. The quantitative estimate of drug-likeness (QED) is 0.362. The number of Topliss-reactive ketones (excluding diaryl/α,β-unsaturated/α-hetero) is 1. The lowest BCUT2D eigenvalue weighted by Gasteiger charge is -2.00. The zero-order valence-corrected chi connectivity index (χ0v) is 12.1. The molecular formula is C10H15BrN2O3S. The summed E-state index contributed by atoms with van der Waals surface area (Å²) in [5.74, 6) is -0.634. The minimum absolute atomic E-state index is 0. The number of nitrogens with two attached hydrogens (primary N) is 1. The van der Waals surface area contributed by atoms with E-state index in [9.17, 15) is 9.59 Å². The van der Waals surface area contributed by atoms with Gasteiger partial charge < -0.3 is 21.7 Å². The number of carbonyl (C=O) groups is 2. The third-order valence-electron chi connectivity index (χ3n) is 2.10. The van der Waals surface area contributed by atoms with Crippen LogP contribution >= 0.6 is 11.3 Å². The minimum Gasteiger partial charge on any atom is -1.00 e. The third-order valence-corrected chi connectivity index (χ3v) is 3.01. The number of ketones is 1. The summed E-state index contributed by atoms with van der Waals surface area (Å²) in [4.78, 5) is 22.6. The van der Waals surface area contributed by atoms with Gasteiger partial charge in [-0.1, -0.05) is 11.3 Å². The highest BCUT2D eigenvalue weighted by Gasteiger charge is 2.16. The van der Waals surface area contributed by atoms with E-state index in [4.69, 9.17) is 10.5 Å². The van der Waals surface area contributed by atoms with Crippen molar-refractivity contribution >= 4 is 28.2 Å². The van der Waals surface area contributed by atoms with Crippen molar-refractivity contribution in [1.82, 2.24) is 0 Å². The van der Waals surface area contributed by atoms with Crippen molar-refractivity contribution in [2.24, 2.45) is 7.05 Å². The Bertz CT molecular complexity index is 406. The first-order chi connectivity index (χ1) is 7.54. The van der Waals surface area contributed by atoms with Gasteiger partial charge >= 0.3 is 11.1 Å². The highest BCUT2D eigenvalue weighted by atomic mass is 79.9. The maximum absolute atomic E-state index is 11.5. The molecule has 2 N–H and O–H groups in total. The molecule has 1 aromatic heterocycles. The van der Waals surface area contributed by atoms with Crippen LogP contribution in [0.3, 0.4) is 0 Å². The lowest BCUT2D eigenvalue weighted by atomic mass is 10.2. The van der Waals surface area contributed by atoms with Gasteiger partial charge in [-0.05, 0) is 6.92 Å². The summed E-state index contributed by atoms with van der Waals surface area (Å²) in [7, 11) is 1.79. The molecular weight excluding hydrogens is 308 g/mol. The molecule has 5 nitrogen and oxygen atoms in total. The van der Waals surface area contributed by atoms with Gasteiger partial charge in [0, 0.05) is 5.38 Å². The van der Waals surface area contributed by atoms with Crippen molar-refractivity contribution in [1.29, 1.82) is 0 Å². The molecule has 0 radical (unpaired) electrons. The predicted molar refractivity (Wildman–Crippen MR) is 59.9 cm³/mol. The van der Waals surface area contributed by atoms with E-state index in [2.05, 4.69) is 0 Å². The first kappa shape index (κ1) is 16.1. The van der Waals surface area contributed by atoms with Crippen molar-refractivity contribution in [3.8, 4) is 0 Å². The van der Waals surface area contributed by atoms with Gasteiger partial charge in [0.25, 0.3) is 0 Å². The number of hydrogen-bond donors (Lipinski definition) is 1. The molecule has 96 valence electrons. The molecule has 0 spiro atoms. The van der Waals surface area contributed by atoms with Crippen molar-refractivity contribution < 1.29 is 35.9 Å². The fraction of sp³-hybridized carbons (Fsp3) is 0.500. The Morgan fingerprint density at radius 1 is 1.53 bits per heavy atom. The normalized spacial score (nSPS) is 9.53. The first-order valence-corrected chi connectivity index (χ1v) is 5.81. The average Bonchev–Trinajstić information content (AvgIpc) is 2.50. The van der Waals surface area contributed by atoms with Gasteiger partial charge in [-0.3, -0.25) is 15.3 Å². The van der Waals surface area contributed by atoms with E-state index in [1.54, 1.807) is 18.5 Å². The van der Waals surface area contributed by atoms with Crippen molar-refractivity contribution in [2.45, 2.75) is 19.8 Å². The van der Waals surface area contributed by atoms with Crippen molar-refractivity contribution in [3.63, 3.8) is 0 Å². The van der Waals surface area contributed by atoms with Crippen LogP contribution < -0.4 is 27.3 Å². The number of halogens is 1. The number of hydrogen-bond acceptors (Lipinski definition) is 5. The molecule has 1 rings (SSSR count). The number of thiazole rings is 1. The van der Waals surface area contributed by atoms with Crippen molar-refractivity contribution in [3.05, 3.63) is 11.1 Å². The Kier molecular flexibility index (Phi) is 6.98. The standard InChI is InChI=1S/C10H14N2O3S.BrH/c1-3-15-9(14)5-8(13)4-7-6-16-10(11)12(7)2;/h6,11H,3-5H2,1-2H3;1H. The highest BCUT2D eigenvalue weighted by Crippen LogP contribution is 2.09. The number of nitrogens with zero attached hydrogens (tertiary/aromatic N) is 1. The Hall–Kier alpha value is -0.950. The Morgan fingerprint density at radius 3 is 2.65 bits per heavy atom. The molecule has 0 unspecified atom stereocenters. The average molecular weight is 323 g/mol. The number of anilines is 1. The number of rotatable bonds is 5. The fourth-order valence-corrected chi connectivity index (χ4v) is 2.00. The highest BCUT2D eigenvalue weighted by molar-refractivity contribution is 7.13. The molecule has 0 bridgehead atoms. The van der Waals surface area contributed by atoms with Crippen LogP contribution in [0.4, 0.5) is 5.13 Å². The smallest absolute Gasteiger partial charge is 0.331 e. The second-order valence-corrected chi connectivity index (χ2v) is 4.21. The van der Waals surface area contributed by atoms with E-state index in [0.717, 1.165) is 5.69 Å². The minimum atomic E-state index is -0.474. The number of ether oxygens (including phenoxy) is 1. The molecule has 17 heavy (non-hydrogen) atoms. The number of esters is 1. The van der Waals surface area contributed by atoms with Gasteiger partial charge in [0.15, 0.2) is 5.78 Å². The van der Waals surface area contributed by atoms with Crippen LogP contribution in [0.15, 0.2) is 5.38 Å². The van der Waals surface area contributed by atoms with Crippen LogP contribution in [0.5, 0.6) is 0 Å². The Balaban J connectivity index is 0.00000256. The van der Waals surface area contributed by atoms with Crippen LogP contribution in [0, 0.1) is 0 Å². The summed E-state index contributed by atoms with van der Waals surface area (Å²) in [6, 6.07) is 0. The molecule has 1 heterocycles. The molecule has 0 aliphatic carbocycles. The van der Waals surface area contributed by atoms with Gasteiger partial charge in [0.2, 0.25) is 0 Å². The molecule has 0 aliphatic heterocycles. The SMILES string of the molecule is CCOC(=O)CC(=O)Cc1csc(N)[n+]1C.[Br-]. The van der Waals surface area contributed by atoms with Crippen LogP contribution in [0.25, 0.3) is 0 Å². The first-order valence-electron chi connectivity index (χ1n) is 4.93. The summed E-state index contributed by atoms with van der Waals surface area (Å²) < 4.78 is 6.44. The molecule has 0 saturated heterocycles. The summed E-state index contributed by atoms with van der Waals surface area (Å²) in [5.41, 5.74) is 6.46. The zero-order valence-electron chi connectivity index (χ0n) is 9.73. The van der Waals surface area contributed by atoms with Gasteiger partial charge in [0.05, 0.1) is 20.1 Å².